The molecule has 1 N–H and O–H groups in total. The van der Waals surface area contributed by atoms with E-state index in [4.69, 9.17) is 33.0 Å². The van der Waals surface area contributed by atoms with Gasteiger partial charge in [0.05, 0.1) is 26.1 Å². The highest BCUT2D eigenvalue weighted by molar-refractivity contribution is 7.71. The number of aromatic nitrogens is 2. The van der Waals surface area contributed by atoms with Crippen LogP contribution in [0, 0.1) is 10.8 Å². The Morgan fingerprint density at radius 2 is 2.08 bits per heavy atom. The number of piperidine rings is 1. The summed E-state index contributed by atoms with van der Waals surface area (Å²) >= 11 is 11.2. The van der Waals surface area contributed by atoms with Crippen molar-refractivity contribution in [3.8, 4) is 11.5 Å². The molecule has 24 heavy (non-hydrogen) atoms. The van der Waals surface area contributed by atoms with Crippen LogP contribution in [-0.4, -0.2) is 35.9 Å². The van der Waals surface area contributed by atoms with Crippen LogP contribution >= 0.6 is 23.8 Å². The highest BCUT2D eigenvalue weighted by atomic mass is 35.5. The van der Waals surface area contributed by atoms with E-state index < -0.39 is 0 Å². The number of carbonyl (C=O) groups is 1. The van der Waals surface area contributed by atoms with Gasteiger partial charge < -0.3 is 14.1 Å². The van der Waals surface area contributed by atoms with Crippen LogP contribution in [0.1, 0.15) is 12.8 Å². The van der Waals surface area contributed by atoms with Crippen LogP contribution in [0.4, 0.5) is 0 Å². The third-order valence-corrected chi connectivity index (χ3v) is 4.84. The van der Waals surface area contributed by atoms with Gasteiger partial charge in [-0.15, -0.1) is 5.10 Å². The van der Waals surface area contributed by atoms with Gasteiger partial charge in [0.2, 0.25) is 5.89 Å². The Morgan fingerprint density at radius 3 is 2.71 bits per heavy atom. The molecule has 1 aliphatic heterocycles. The van der Waals surface area contributed by atoms with Gasteiger partial charge in [-0.05, 0) is 36.5 Å². The molecule has 0 amide bonds. The third-order valence-electron chi connectivity index (χ3n) is 4.30. The number of methoxy groups -OCH3 is 1. The fourth-order valence-corrected chi connectivity index (χ4v) is 3.22. The average molecular weight is 369 g/mol. The molecule has 3 rings (SSSR count). The van der Waals surface area contributed by atoms with Crippen LogP contribution in [0.25, 0.3) is 11.5 Å². The van der Waals surface area contributed by atoms with Crippen molar-refractivity contribution in [1.82, 2.24) is 9.78 Å². The third kappa shape index (κ3) is 3.85. The summed E-state index contributed by atoms with van der Waals surface area (Å²) in [5.41, 5.74) is 0.837. The van der Waals surface area contributed by atoms with Crippen molar-refractivity contribution >= 4 is 29.8 Å². The number of hydrogen-bond acceptors (Lipinski definition) is 5. The summed E-state index contributed by atoms with van der Waals surface area (Å²) in [6, 6.07) is 7.28. The summed E-state index contributed by atoms with van der Waals surface area (Å²) in [6.07, 6.45) is 1.63. The maximum atomic E-state index is 11.6. The first-order valence-electron chi connectivity index (χ1n) is 7.82. The van der Waals surface area contributed by atoms with Crippen molar-refractivity contribution in [2.75, 3.05) is 20.2 Å². The minimum absolute atomic E-state index is 0.00802. The van der Waals surface area contributed by atoms with Gasteiger partial charge in [0, 0.05) is 23.4 Å². The molecule has 1 saturated heterocycles. The van der Waals surface area contributed by atoms with Crippen LogP contribution in [0.2, 0.25) is 5.02 Å². The Morgan fingerprint density at radius 1 is 1.42 bits per heavy atom. The minimum atomic E-state index is -0.114. The molecule has 0 bridgehead atoms. The summed E-state index contributed by atoms with van der Waals surface area (Å²) in [5, 5.41) is 5.13. The first-order valence-corrected chi connectivity index (χ1v) is 8.60. The monoisotopic (exact) mass is 368 g/mol. The number of rotatable bonds is 4. The zero-order valence-corrected chi connectivity index (χ0v) is 14.9. The van der Waals surface area contributed by atoms with Gasteiger partial charge in [-0.2, -0.15) is 4.68 Å². The summed E-state index contributed by atoms with van der Waals surface area (Å²) in [6.45, 7) is 2.39. The van der Waals surface area contributed by atoms with E-state index in [2.05, 4.69) is 5.10 Å². The number of halogens is 1. The fourth-order valence-electron chi connectivity index (χ4n) is 2.91. The molecular formula is C16H19ClN3O3S+. The van der Waals surface area contributed by atoms with Gasteiger partial charge in [0.15, 0.2) is 6.67 Å². The maximum absolute atomic E-state index is 11.6. The van der Waals surface area contributed by atoms with E-state index in [1.807, 2.05) is 12.1 Å². The lowest BCUT2D eigenvalue weighted by Gasteiger charge is -2.27. The zero-order valence-electron chi connectivity index (χ0n) is 13.3. The number of nitrogens with one attached hydrogen (secondary N) is 1. The molecule has 1 aromatic carbocycles. The molecule has 2 aromatic rings. The zero-order chi connectivity index (χ0) is 17.1. The summed E-state index contributed by atoms with van der Waals surface area (Å²) in [5.74, 6) is 0.381. The maximum Gasteiger partial charge on any atom is 0.309 e. The first-order chi connectivity index (χ1) is 11.6. The van der Waals surface area contributed by atoms with Crippen LogP contribution in [0.5, 0.6) is 0 Å². The molecule has 0 saturated carbocycles. The topological polar surface area (TPSA) is 61.7 Å². The first kappa shape index (κ1) is 17.1. The van der Waals surface area contributed by atoms with E-state index in [0.717, 1.165) is 31.5 Å². The smallest absolute Gasteiger partial charge is 0.309 e. The largest absolute Gasteiger partial charge is 0.469 e. The number of carbonyl (C=O) groups excluding carboxylic acids is 1. The molecule has 2 heterocycles. The molecule has 1 aromatic heterocycles. The number of hydrogen-bond donors (Lipinski definition) is 1. The molecule has 1 aliphatic rings. The Labute approximate surface area is 150 Å². The predicted molar refractivity (Wildman–Crippen MR) is 91.2 cm³/mol. The standard InChI is InChI=1S/C16H18ClN3O3S/c1-22-15(21)12-6-8-19(9-7-12)10-20-16(24)23-14(18-20)11-2-4-13(17)5-3-11/h2-5,12H,6-10H2,1H3/p+1. The molecular weight excluding hydrogens is 350 g/mol. The van der Waals surface area contributed by atoms with Crippen molar-refractivity contribution in [2.24, 2.45) is 5.92 Å². The van der Waals surface area contributed by atoms with Gasteiger partial charge >= 0.3 is 5.97 Å². The molecule has 8 heteroatoms. The lowest BCUT2D eigenvalue weighted by atomic mass is 9.97. The molecule has 0 radical (unpaired) electrons. The van der Waals surface area contributed by atoms with Gasteiger partial charge in [-0.1, -0.05) is 11.6 Å². The van der Waals surface area contributed by atoms with Gasteiger partial charge in [-0.3, -0.25) is 4.79 Å². The van der Waals surface area contributed by atoms with E-state index in [1.54, 1.807) is 16.8 Å². The molecule has 6 nitrogen and oxygen atoms in total. The number of likely N-dealkylation sites (tertiary alicyclic amines) is 1. The normalized spacial score (nSPS) is 20.8. The SMILES string of the molecule is COC(=O)C1CC[NH+](Cn2nc(-c3ccc(Cl)cc3)oc2=S)CC1. The van der Waals surface area contributed by atoms with Gasteiger partial charge in [-0.25, -0.2) is 0 Å². The van der Waals surface area contributed by atoms with Crippen LogP contribution in [0.15, 0.2) is 28.7 Å². The average Bonchev–Trinajstić information content (AvgIpc) is 2.96. The second-order valence-electron chi connectivity index (χ2n) is 5.89. The predicted octanol–water partition coefficient (Wildman–Crippen LogP) is 1.95. The van der Waals surface area contributed by atoms with E-state index in [-0.39, 0.29) is 11.9 Å². The lowest BCUT2D eigenvalue weighted by Crippen LogP contribution is -3.12. The Hall–Kier alpha value is -1.70. The number of esters is 1. The van der Waals surface area contributed by atoms with Crippen molar-refractivity contribution in [3.05, 3.63) is 34.1 Å². The van der Waals surface area contributed by atoms with E-state index >= 15 is 0 Å². The van der Waals surface area contributed by atoms with Crippen molar-refractivity contribution < 1.29 is 18.8 Å². The highest BCUT2D eigenvalue weighted by Gasteiger charge is 2.28. The van der Waals surface area contributed by atoms with Crippen LogP contribution in [-0.2, 0) is 16.2 Å². The van der Waals surface area contributed by atoms with Gasteiger partial charge in [0.25, 0.3) is 4.84 Å². The van der Waals surface area contributed by atoms with Crippen LogP contribution in [0.3, 0.4) is 0 Å². The van der Waals surface area contributed by atoms with Gasteiger partial charge in [0.1, 0.15) is 0 Å². The summed E-state index contributed by atoms with van der Waals surface area (Å²) in [4.78, 5) is 13.3. The number of ether oxygens (including phenoxy) is 1. The Balaban J connectivity index is 1.65. The molecule has 0 atom stereocenters. The van der Waals surface area contributed by atoms with E-state index in [9.17, 15) is 4.79 Å². The minimum Gasteiger partial charge on any atom is -0.469 e. The molecule has 1 fully saturated rings. The van der Waals surface area contributed by atoms with Crippen molar-refractivity contribution in [2.45, 2.75) is 19.5 Å². The highest BCUT2D eigenvalue weighted by Crippen LogP contribution is 2.20. The number of nitrogens with zero attached hydrogens (tertiary/aromatic N) is 2. The number of benzene rings is 1. The summed E-state index contributed by atoms with van der Waals surface area (Å²) in [7, 11) is 1.44. The van der Waals surface area contributed by atoms with Crippen molar-refractivity contribution in [3.63, 3.8) is 0 Å². The molecule has 128 valence electrons. The molecule has 0 spiro atoms. The lowest BCUT2D eigenvalue weighted by molar-refractivity contribution is -0.929. The van der Waals surface area contributed by atoms with Crippen molar-refractivity contribution in [1.29, 1.82) is 0 Å². The molecule has 0 aliphatic carbocycles. The fraction of sp³-hybridized carbons (Fsp3) is 0.438. The summed E-state index contributed by atoms with van der Waals surface area (Å²) < 4.78 is 12.1. The Bertz CT molecular complexity index is 764. The number of quaternary nitrogens is 1. The molecule has 0 unspecified atom stereocenters. The second-order valence-corrected chi connectivity index (χ2v) is 6.67. The quantitative estimate of drug-likeness (QED) is 0.660. The second kappa shape index (κ2) is 7.46. The van der Waals surface area contributed by atoms with Crippen LogP contribution < -0.4 is 4.90 Å². The van der Waals surface area contributed by atoms with E-state index in [1.165, 1.54) is 12.0 Å². The van der Waals surface area contributed by atoms with E-state index in [0.29, 0.717) is 22.4 Å². The Kier molecular flexibility index (Phi) is 5.33.